The molecule has 2 nitrogen and oxygen atoms in total. The van der Waals surface area contributed by atoms with E-state index in [1.807, 2.05) is 6.07 Å². The highest BCUT2D eigenvalue weighted by molar-refractivity contribution is 7.12. The smallest absolute Gasteiger partial charge is 0.142 e. The molecule has 0 saturated heterocycles. The van der Waals surface area contributed by atoms with Crippen LogP contribution < -0.4 is 0 Å². The molecule has 1 aromatic heterocycles. The Bertz CT molecular complexity index is 346. The lowest BCUT2D eigenvalue weighted by Crippen LogP contribution is -2.28. The highest BCUT2D eigenvalue weighted by atomic mass is 32.1. The molecule has 0 spiro atoms. The van der Waals surface area contributed by atoms with Crippen molar-refractivity contribution in [2.75, 3.05) is 19.6 Å². The van der Waals surface area contributed by atoms with Crippen LogP contribution in [-0.2, 0) is 0 Å². The molecule has 3 heteroatoms. The first-order valence-electron chi connectivity index (χ1n) is 4.18. The Morgan fingerprint density at radius 1 is 1.69 bits per heavy atom. The van der Waals surface area contributed by atoms with Gasteiger partial charge in [0.15, 0.2) is 0 Å². The number of thiophene rings is 1. The molecule has 2 heterocycles. The number of aliphatic imine (C=N–C) groups is 1. The van der Waals surface area contributed by atoms with E-state index in [4.69, 9.17) is 6.42 Å². The third-order valence-corrected chi connectivity index (χ3v) is 2.82. The summed E-state index contributed by atoms with van der Waals surface area (Å²) in [6.45, 7) is 2.49. The van der Waals surface area contributed by atoms with Crippen LogP contribution in [0.25, 0.3) is 0 Å². The van der Waals surface area contributed by atoms with Crippen LogP contribution in [0.5, 0.6) is 0 Å². The fourth-order valence-corrected chi connectivity index (χ4v) is 2.15. The van der Waals surface area contributed by atoms with Gasteiger partial charge in [0.2, 0.25) is 0 Å². The van der Waals surface area contributed by atoms with Crippen LogP contribution in [0.15, 0.2) is 22.5 Å². The van der Waals surface area contributed by atoms with Crippen molar-refractivity contribution in [3.05, 3.63) is 22.4 Å². The second-order valence-electron chi connectivity index (χ2n) is 2.81. The fourth-order valence-electron chi connectivity index (χ4n) is 1.39. The average Bonchev–Trinajstić information content (AvgIpc) is 2.71. The topological polar surface area (TPSA) is 15.6 Å². The summed E-state index contributed by atoms with van der Waals surface area (Å²) in [6.07, 6.45) is 5.28. The first-order chi connectivity index (χ1) is 6.42. The summed E-state index contributed by atoms with van der Waals surface area (Å²) in [5, 5.41) is 2.06. The van der Waals surface area contributed by atoms with Gasteiger partial charge in [0.05, 0.1) is 18.0 Å². The van der Waals surface area contributed by atoms with Crippen molar-refractivity contribution >= 4 is 17.2 Å². The van der Waals surface area contributed by atoms with Gasteiger partial charge in [-0.2, -0.15) is 0 Å². The molecule has 0 radical (unpaired) electrons. The molecule has 0 bridgehead atoms. The highest BCUT2D eigenvalue weighted by Crippen LogP contribution is 2.15. The third kappa shape index (κ3) is 1.58. The van der Waals surface area contributed by atoms with Crippen molar-refractivity contribution in [3.63, 3.8) is 0 Å². The van der Waals surface area contributed by atoms with Crippen molar-refractivity contribution in [2.24, 2.45) is 4.99 Å². The monoisotopic (exact) mass is 190 g/mol. The van der Waals surface area contributed by atoms with Crippen molar-refractivity contribution in [1.29, 1.82) is 0 Å². The van der Waals surface area contributed by atoms with Gasteiger partial charge in [0.25, 0.3) is 0 Å². The molecule has 2 rings (SSSR count). The van der Waals surface area contributed by atoms with E-state index >= 15 is 0 Å². The third-order valence-electron chi connectivity index (χ3n) is 1.95. The molecule has 1 aliphatic rings. The van der Waals surface area contributed by atoms with Gasteiger partial charge in [-0.1, -0.05) is 12.0 Å². The molecule has 1 aliphatic heterocycles. The van der Waals surface area contributed by atoms with E-state index in [1.165, 1.54) is 4.88 Å². The minimum Gasteiger partial charge on any atom is -0.343 e. The second kappa shape index (κ2) is 3.63. The van der Waals surface area contributed by atoms with Gasteiger partial charge in [0.1, 0.15) is 5.84 Å². The molecule has 0 fully saturated rings. The molecule has 0 unspecified atom stereocenters. The van der Waals surface area contributed by atoms with Gasteiger partial charge in [-0.15, -0.1) is 17.8 Å². The summed E-state index contributed by atoms with van der Waals surface area (Å²) in [5.74, 6) is 3.71. The zero-order chi connectivity index (χ0) is 9.10. The second-order valence-corrected chi connectivity index (χ2v) is 3.76. The molecule has 0 N–H and O–H groups in total. The van der Waals surface area contributed by atoms with E-state index in [0.717, 1.165) is 18.9 Å². The zero-order valence-corrected chi connectivity index (χ0v) is 8.05. The highest BCUT2D eigenvalue weighted by Gasteiger charge is 2.17. The molecule has 0 aromatic carbocycles. The van der Waals surface area contributed by atoms with Gasteiger partial charge >= 0.3 is 0 Å². The Morgan fingerprint density at radius 2 is 2.62 bits per heavy atom. The Morgan fingerprint density at radius 3 is 3.31 bits per heavy atom. The standard InChI is InChI=1S/C10H10N2S/c1-2-6-12-7-5-11-10(12)9-4-3-8-13-9/h1,3-4,8H,5-7H2. The van der Waals surface area contributed by atoms with Crippen molar-refractivity contribution in [3.8, 4) is 12.3 Å². The summed E-state index contributed by atoms with van der Waals surface area (Å²) >= 11 is 1.71. The summed E-state index contributed by atoms with van der Waals surface area (Å²) in [7, 11) is 0. The van der Waals surface area contributed by atoms with Gasteiger partial charge in [-0.25, -0.2) is 0 Å². The van der Waals surface area contributed by atoms with Crippen molar-refractivity contribution in [2.45, 2.75) is 0 Å². The molecule has 0 amide bonds. The van der Waals surface area contributed by atoms with E-state index in [9.17, 15) is 0 Å². The normalized spacial score (nSPS) is 15.6. The quantitative estimate of drug-likeness (QED) is 0.644. The predicted octanol–water partition coefficient (Wildman–Crippen LogP) is 1.44. The van der Waals surface area contributed by atoms with Gasteiger partial charge < -0.3 is 4.90 Å². The zero-order valence-electron chi connectivity index (χ0n) is 7.23. The fraction of sp³-hybridized carbons (Fsp3) is 0.300. The molecule has 0 atom stereocenters. The number of terminal acetylenes is 1. The first kappa shape index (κ1) is 8.33. The summed E-state index contributed by atoms with van der Waals surface area (Å²) in [4.78, 5) is 7.80. The first-order valence-corrected chi connectivity index (χ1v) is 5.06. The maximum atomic E-state index is 5.28. The Hall–Kier alpha value is -1.27. The Kier molecular flexibility index (Phi) is 2.33. The molecule has 66 valence electrons. The Labute approximate surface area is 81.9 Å². The van der Waals surface area contributed by atoms with Crippen molar-refractivity contribution in [1.82, 2.24) is 4.90 Å². The lowest BCUT2D eigenvalue weighted by Gasteiger charge is -2.15. The van der Waals surface area contributed by atoms with Crippen LogP contribution in [0.3, 0.4) is 0 Å². The largest absolute Gasteiger partial charge is 0.343 e. The lowest BCUT2D eigenvalue weighted by atomic mass is 10.4. The van der Waals surface area contributed by atoms with Crippen molar-refractivity contribution < 1.29 is 0 Å². The van der Waals surface area contributed by atoms with Crippen LogP contribution in [0, 0.1) is 12.3 Å². The minimum atomic E-state index is 0.663. The van der Waals surface area contributed by atoms with E-state index in [1.54, 1.807) is 11.3 Å². The van der Waals surface area contributed by atoms with E-state index in [-0.39, 0.29) is 0 Å². The van der Waals surface area contributed by atoms with Crippen LogP contribution >= 0.6 is 11.3 Å². The molecular weight excluding hydrogens is 180 g/mol. The molecule has 0 saturated carbocycles. The predicted molar refractivity (Wildman–Crippen MR) is 56.1 cm³/mol. The van der Waals surface area contributed by atoms with E-state index in [2.05, 4.69) is 27.3 Å². The maximum Gasteiger partial charge on any atom is 0.142 e. The number of nitrogens with zero attached hydrogens (tertiary/aromatic N) is 2. The van der Waals surface area contributed by atoms with E-state index < -0.39 is 0 Å². The Balaban J connectivity index is 2.20. The minimum absolute atomic E-state index is 0.663. The maximum absolute atomic E-state index is 5.28. The van der Waals surface area contributed by atoms with E-state index in [0.29, 0.717) is 6.54 Å². The van der Waals surface area contributed by atoms with Crippen LogP contribution in [0.2, 0.25) is 0 Å². The van der Waals surface area contributed by atoms with Gasteiger partial charge in [-0.3, -0.25) is 4.99 Å². The van der Waals surface area contributed by atoms with Crippen LogP contribution in [0.1, 0.15) is 4.88 Å². The van der Waals surface area contributed by atoms with Crippen LogP contribution in [-0.4, -0.2) is 30.4 Å². The SMILES string of the molecule is C#CCN1CCN=C1c1cccs1. The number of amidine groups is 1. The molecule has 13 heavy (non-hydrogen) atoms. The number of rotatable bonds is 2. The average molecular weight is 190 g/mol. The van der Waals surface area contributed by atoms with Crippen LogP contribution in [0.4, 0.5) is 0 Å². The number of hydrogen-bond donors (Lipinski definition) is 0. The van der Waals surface area contributed by atoms with Gasteiger partial charge in [-0.05, 0) is 11.4 Å². The summed E-state index contributed by atoms with van der Waals surface area (Å²) < 4.78 is 0. The lowest BCUT2D eigenvalue weighted by molar-refractivity contribution is 0.516. The van der Waals surface area contributed by atoms with Gasteiger partial charge in [0, 0.05) is 6.54 Å². The molecular formula is C10H10N2S. The number of hydrogen-bond acceptors (Lipinski definition) is 3. The molecule has 1 aromatic rings. The molecule has 0 aliphatic carbocycles. The summed E-state index contributed by atoms with van der Waals surface area (Å²) in [5.41, 5.74) is 0. The summed E-state index contributed by atoms with van der Waals surface area (Å²) in [6, 6.07) is 4.12.